The first-order valence-corrected chi connectivity index (χ1v) is 4.95. The minimum absolute atomic E-state index is 0. The molecule has 4 nitrogen and oxygen atoms in total. The predicted molar refractivity (Wildman–Crippen MR) is 57.3 cm³/mol. The molecule has 0 bridgehead atoms. The lowest BCUT2D eigenvalue weighted by molar-refractivity contribution is -0.126. The van der Waals surface area contributed by atoms with Crippen LogP contribution in [0.25, 0.3) is 0 Å². The van der Waals surface area contributed by atoms with Crippen molar-refractivity contribution in [1.29, 1.82) is 0 Å². The summed E-state index contributed by atoms with van der Waals surface area (Å²) in [6.45, 7) is 3.95. The lowest BCUT2D eigenvalue weighted by Crippen LogP contribution is -2.50. The molecule has 0 aromatic rings. The van der Waals surface area contributed by atoms with Crippen molar-refractivity contribution < 1.29 is 4.79 Å². The SMILES string of the molecule is CC(C(=O)NC1CC1N)C1CNC1.Cl. The van der Waals surface area contributed by atoms with Gasteiger partial charge in [0.05, 0.1) is 0 Å². The summed E-state index contributed by atoms with van der Waals surface area (Å²) in [7, 11) is 0. The van der Waals surface area contributed by atoms with Gasteiger partial charge in [0.2, 0.25) is 5.91 Å². The molecule has 2 aliphatic rings. The molecule has 1 saturated heterocycles. The van der Waals surface area contributed by atoms with E-state index < -0.39 is 0 Å². The number of hydrogen-bond acceptors (Lipinski definition) is 3. The highest BCUT2D eigenvalue weighted by Crippen LogP contribution is 2.21. The number of halogens is 1. The van der Waals surface area contributed by atoms with Crippen molar-refractivity contribution in [3.05, 3.63) is 0 Å². The Morgan fingerprint density at radius 1 is 1.57 bits per heavy atom. The molecule has 1 aliphatic carbocycles. The Morgan fingerprint density at radius 2 is 2.14 bits per heavy atom. The second-order valence-electron chi connectivity index (χ2n) is 4.22. The Hall–Kier alpha value is -0.320. The van der Waals surface area contributed by atoms with Crippen molar-refractivity contribution in [3.63, 3.8) is 0 Å². The van der Waals surface area contributed by atoms with Crippen molar-refractivity contribution >= 4 is 18.3 Å². The van der Waals surface area contributed by atoms with Gasteiger partial charge in [-0.05, 0) is 25.4 Å². The van der Waals surface area contributed by atoms with Crippen LogP contribution in [0.5, 0.6) is 0 Å². The first kappa shape index (κ1) is 11.8. The molecular weight excluding hydrogens is 202 g/mol. The predicted octanol–water partition coefficient (Wildman–Crippen LogP) is -0.520. The number of nitrogens with one attached hydrogen (secondary N) is 2. The Bertz CT molecular complexity index is 220. The number of nitrogens with two attached hydrogens (primary N) is 1. The first-order valence-electron chi connectivity index (χ1n) is 4.95. The molecule has 2 rings (SSSR count). The van der Waals surface area contributed by atoms with Crippen LogP contribution >= 0.6 is 12.4 Å². The fraction of sp³-hybridized carbons (Fsp3) is 0.889. The van der Waals surface area contributed by atoms with Gasteiger partial charge in [-0.2, -0.15) is 0 Å². The highest BCUT2D eigenvalue weighted by molar-refractivity contribution is 5.85. The van der Waals surface area contributed by atoms with E-state index in [0.717, 1.165) is 19.5 Å². The normalized spacial score (nSPS) is 32.4. The van der Waals surface area contributed by atoms with Crippen LogP contribution in [-0.2, 0) is 4.79 Å². The molecule has 0 aromatic carbocycles. The van der Waals surface area contributed by atoms with E-state index in [9.17, 15) is 4.79 Å². The highest BCUT2D eigenvalue weighted by Gasteiger charge is 2.37. The molecule has 82 valence electrons. The van der Waals surface area contributed by atoms with E-state index in [1.54, 1.807) is 0 Å². The molecule has 14 heavy (non-hydrogen) atoms. The van der Waals surface area contributed by atoms with Crippen molar-refractivity contribution in [2.75, 3.05) is 13.1 Å². The summed E-state index contributed by atoms with van der Waals surface area (Å²) in [4.78, 5) is 11.6. The maximum Gasteiger partial charge on any atom is 0.223 e. The highest BCUT2D eigenvalue weighted by atomic mass is 35.5. The van der Waals surface area contributed by atoms with E-state index in [-0.39, 0.29) is 36.3 Å². The molecule has 4 N–H and O–H groups in total. The fourth-order valence-electron chi connectivity index (χ4n) is 1.57. The van der Waals surface area contributed by atoms with Crippen LogP contribution in [0, 0.1) is 11.8 Å². The van der Waals surface area contributed by atoms with Crippen LogP contribution < -0.4 is 16.4 Å². The summed E-state index contributed by atoms with van der Waals surface area (Å²) in [6.07, 6.45) is 0.946. The Morgan fingerprint density at radius 3 is 2.50 bits per heavy atom. The molecule has 1 aliphatic heterocycles. The molecule has 0 spiro atoms. The Balaban J connectivity index is 0.000000980. The number of rotatable bonds is 3. The molecule has 3 unspecified atom stereocenters. The van der Waals surface area contributed by atoms with Gasteiger partial charge in [0, 0.05) is 18.0 Å². The number of amides is 1. The number of carbonyl (C=O) groups is 1. The lowest BCUT2D eigenvalue weighted by Gasteiger charge is -2.31. The summed E-state index contributed by atoms with van der Waals surface area (Å²) in [5.41, 5.74) is 5.61. The average molecular weight is 220 g/mol. The summed E-state index contributed by atoms with van der Waals surface area (Å²) in [6, 6.07) is 0.457. The molecule has 0 aromatic heterocycles. The van der Waals surface area contributed by atoms with Gasteiger partial charge in [0.25, 0.3) is 0 Å². The van der Waals surface area contributed by atoms with Gasteiger partial charge in [-0.25, -0.2) is 0 Å². The van der Waals surface area contributed by atoms with Gasteiger partial charge in [0.1, 0.15) is 0 Å². The zero-order valence-corrected chi connectivity index (χ0v) is 9.14. The quantitative estimate of drug-likeness (QED) is 0.599. The Labute approximate surface area is 90.4 Å². The van der Waals surface area contributed by atoms with Crippen molar-refractivity contribution in [2.45, 2.75) is 25.4 Å². The summed E-state index contributed by atoms with van der Waals surface area (Å²) < 4.78 is 0. The minimum atomic E-state index is 0. The molecule has 1 heterocycles. The summed E-state index contributed by atoms with van der Waals surface area (Å²) >= 11 is 0. The van der Waals surface area contributed by atoms with E-state index in [1.807, 2.05) is 6.92 Å². The van der Waals surface area contributed by atoms with Gasteiger partial charge in [-0.15, -0.1) is 12.4 Å². The number of hydrogen-bond donors (Lipinski definition) is 3. The molecule has 0 radical (unpaired) electrons. The molecule has 5 heteroatoms. The smallest absolute Gasteiger partial charge is 0.223 e. The van der Waals surface area contributed by atoms with Gasteiger partial charge in [-0.1, -0.05) is 6.92 Å². The summed E-state index contributed by atoms with van der Waals surface area (Å²) in [5, 5.41) is 6.13. The molecular formula is C9H18ClN3O. The van der Waals surface area contributed by atoms with Gasteiger partial charge in [-0.3, -0.25) is 4.79 Å². The largest absolute Gasteiger partial charge is 0.352 e. The van der Waals surface area contributed by atoms with E-state index in [2.05, 4.69) is 10.6 Å². The molecule has 1 amide bonds. The topological polar surface area (TPSA) is 67.2 Å². The lowest BCUT2D eigenvalue weighted by atomic mass is 9.88. The average Bonchev–Trinajstić information content (AvgIpc) is 2.62. The third-order valence-electron chi connectivity index (χ3n) is 3.10. The minimum Gasteiger partial charge on any atom is -0.352 e. The standard InChI is InChI=1S/C9H17N3O.ClH/c1-5(6-3-11-4-6)9(13)12-8-2-7(8)10;/h5-8,11H,2-4,10H2,1H3,(H,12,13);1H. The van der Waals surface area contributed by atoms with Crippen molar-refractivity contribution in [3.8, 4) is 0 Å². The second-order valence-corrected chi connectivity index (χ2v) is 4.22. The molecule has 1 saturated carbocycles. The van der Waals surface area contributed by atoms with Gasteiger partial charge < -0.3 is 16.4 Å². The van der Waals surface area contributed by atoms with Crippen LogP contribution in [0.2, 0.25) is 0 Å². The van der Waals surface area contributed by atoms with Crippen LogP contribution in [0.1, 0.15) is 13.3 Å². The zero-order valence-electron chi connectivity index (χ0n) is 8.32. The molecule has 3 atom stereocenters. The van der Waals surface area contributed by atoms with Gasteiger partial charge >= 0.3 is 0 Å². The van der Waals surface area contributed by atoms with Crippen LogP contribution in [0.3, 0.4) is 0 Å². The van der Waals surface area contributed by atoms with Crippen LogP contribution in [0.15, 0.2) is 0 Å². The van der Waals surface area contributed by atoms with Crippen LogP contribution in [0.4, 0.5) is 0 Å². The van der Waals surface area contributed by atoms with E-state index in [1.165, 1.54) is 0 Å². The van der Waals surface area contributed by atoms with E-state index >= 15 is 0 Å². The maximum absolute atomic E-state index is 11.6. The second kappa shape index (κ2) is 4.47. The maximum atomic E-state index is 11.6. The number of carbonyl (C=O) groups excluding carboxylic acids is 1. The van der Waals surface area contributed by atoms with Gasteiger partial charge in [0.15, 0.2) is 0 Å². The molecule has 2 fully saturated rings. The third kappa shape index (κ3) is 2.38. The van der Waals surface area contributed by atoms with Crippen molar-refractivity contribution in [1.82, 2.24) is 10.6 Å². The monoisotopic (exact) mass is 219 g/mol. The van der Waals surface area contributed by atoms with E-state index in [4.69, 9.17) is 5.73 Å². The van der Waals surface area contributed by atoms with E-state index in [0.29, 0.717) is 5.92 Å². The first-order chi connectivity index (χ1) is 6.18. The third-order valence-corrected chi connectivity index (χ3v) is 3.10. The van der Waals surface area contributed by atoms with Crippen molar-refractivity contribution in [2.24, 2.45) is 17.6 Å². The Kier molecular flexibility index (Phi) is 3.75. The van der Waals surface area contributed by atoms with Crippen LogP contribution in [-0.4, -0.2) is 31.1 Å². The zero-order chi connectivity index (χ0) is 9.42. The fourth-order valence-corrected chi connectivity index (χ4v) is 1.57. The summed E-state index contributed by atoms with van der Waals surface area (Å²) in [5.74, 6) is 0.827.